The molecule has 5 nitrogen and oxygen atoms in total. The third-order valence-electron chi connectivity index (χ3n) is 5.23. The number of rotatable bonds is 3. The van der Waals surface area contributed by atoms with E-state index in [2.05, 4.69) is 15.3 Å². The molecule has 5 heteroatoms. The number of benzene rings is 1. The van der Waals surface area contributed by atoms with Crippen LogP contribution >= 0.6 is 0 Å². The minimum Gasteiger partial charge on any atom is -0.348 e. The van der Waals surface area contributed by atoms with Crippen LogP contribution in [0.3, 0.4) is 0 Å². The number of carbonyl (C=O) groups excluding carboxylic acids is 1. The maximum absolute atomic E-state index is 12.7. The lowest BCUT2D eigenvalue weighted by Crippen LogP contribution is -2.57. The first kappa shape index (κ1) is 14.5. The van der Waals surface area contributed by atoms with Gasteiger partial charge in [0, 0.05) is 12.6 Å². The van der Waals surface area contributed by atoms with Gasteiger partial charge < -0.3 is 10.2 Å². The van der Waals surface area contributed by atoms with Crippen molar-refractivity contribution < 1.29 is 4.79 Å². The normalized spacial score (nSPS) is 26.2. The number of fused-ring (bicyclic) bond motifs is 3. The molecule has 3 fully saturated rings. The largest absolute Gasteiger partial charge is 0.348 e. The highest BCUT2D eigenvalue weighted by Gasteiger charge is 2.35. The van der Waals surface area contributed by atoms with Crippen LogP contribution in [0.5, 0.6) is 0 Å². The highest BCUT2D eigenvalue weighted by atomic mass is 16.1. The van der Waals surface area contributed by atoms with Gasteiger partial charge in [-0.2, -0.15) is 5.10 Å². The van der Waals surface area contributed by atoms with Gasteiger partial charge in [0.1, 0.15) is 0 Å². The van der Waals surface area contributed by atoms with Crippen molar-refractivity contribution in [2.45, 2.75) is 25.8 Å². The van der Waals surface area contributed by atoms with Gasteiger partial charge in [-0.3, -0.25) is 4.79 Å². The Hall–Kier alpha value is -2.14. The van der Waals surface area contributed by atoms with E-state index in [0.717, 1.165) is 17.9 Å². The van der Waals surface area contributed by atoms with Crippen molar-refractivity contribution in [2.24, 2.45) is 5.92 Å². The minimum atomic E-state index is 0.00318. The van der Waals surface area contributed by atoms with Gasteiger partial charge in [0.05, 0.1) is 23.1 Å². The number of para-hydroxylation sites is 1. The fraction of sp³-hybridized carbons (Fsp3) is 0.444. The monoisotopic (exact) mass is 310 g/mol. The molecule has 1 aromatic heterocycles. The minimum absolute atomic E-state index is 0.00318. The molecule has 0 aliphatic carbocycles. The van der Waals surface area contributed by atoms with Gasteiger partial charge in [0.25, 0.3) is 5.91 Å². The second kappa shape index (κ2) is 5.81. The quantitative estimate of drug-likeness (QED) is 0.943. The Morgan fingerprint density at radius 3 is 2.61 bits per heavy atom. The number of piperidine rings is 3. The molecule has 1 aromatic carbocycles. The Morgan fingerprint density at radius 1 is 1.22 bits per heavy atom. The second-order valence-electron chi connectivity index (χ2n) is 6.61. The van der Waals surface area contributed by atoms with Crippen molar-refractivity contribution in [3.8, 4) is 5.69 Å². The molecular formula is C18H22N4O. The summed E-state index contributed by atoms with van der Waals surface area (Å²) in [6.07, 6.45) is 4.08. The zero-order valence-corrected chi connectivity index (χ0v) is 13.4. The summed E-state index contributed by atoms with van der Waals surface area (Å²) in [7, 11) is 0. The average molecular weight is 310 g/mol. The van der Waals surface area contributed by atoms with Gasteiger partial charge in [0.15, 0.2) is 0 Å². The Labute approximate surface area is 136 Å². The van der Waals surface area contributed by atoms with E-state index < -0.39 is 0 Å². The van der Waals surface area contributed by atoms with Crippen molar-refractivity contribution >= 4 is 5.91 Å². The summed E-state index contributed by atoms with van der Waals surface area (Å²) in [5.74, 6) is 0.636. The summed E-state index contributed by atoms with van der Waals surface area (Å²) in [6, 6.07) is 10.2. The SMILES string of the molecule is Cc1c(C(=O)NC2CN3CCC2CC3)cnn1-c1ccccc1. The van der Waals surface area contributed by atoms with Crippen LogP contribution in [0, 0.1) is 12.8 Å². The van der Waals surface area contributed by atoms with Crippen molar-refractivity contribution in [1.29, 1.82) is 0 Å². The topological polar surface area (TPSA) is 50.2 Å². The van der Waals surface area contributed by atoms with E-state index >= 15 is 0 Å². The molecule has 4 heterocycles. The smallest absolute Gasteiger partial charge is 0.255 e. The van der Waals surface area contributed by atoms with Crippen LogP contribution in [0.15, 0.2) is 36.5 Å². The van der Waals surface area contributed by atoms with Crippen LogP contribution in [-0.2, 0) is 0 Å². The number of aromatic nitrogens is 2. The van der Waals surface area contributed by atoms with Crippen LogP contribution < -0.4 is 5.32 Å². The van der Waals surface area contributed by atoms with Crippen molar-refractivity contribution in [2.75, 3.05) is 19.6 Å². The predicted octanol–water partition coefficient (Wildman–Crippen LogP) is 2.00. The highest BCUT2D eigenvalue weighted by Crippen LogP contribution is 2.27. The molecule has 2 bridgehead atoms. The zero-order valence-electron chi connectivity index (χ0n) is 13.4. The van der Waals surface area contributed by atoms with E-state index in [1.165, 1.54) is 25.9 Å². The van der Waals surface area contributed by atoms with Crippen molar-refractivity contribution in [1.82, 2.24) is 20.0 Å². The molecule has 0 spiro atoms. The number of carbonyl (C=O) groups is 1. The predicted molar refractivity (Wildman–Crippen MR) is 88.7 cm³/mol. The summed E-state index contributed by atoms with van der Waals surface area (Å²) in [5.41, 5.74) is 2.53. The van der Waals surface area contributed by atoms with Gasteiger partial charge in [-0.15, -0.1) is 0 Å². The first-order valence-electron chi connectivity index (χ1n) is 8.35. The molecule has 120 valence electrons. The molecular weight excluding hydrogens is 288 g/mol. The lowest BCUT2D eigenvalue weighted by Gasteiger charge is -2.44. The maximum Gasteiger partial charge on any atom is 0.255 e. The molecule has 1 atom stereocenters. The Kier molecular flexibility index (Phi) is 3.65. The molecule has 1 unspecified atom stereocenters. The van der Waals surface area contributed by atoms with E-state index in [1.807, 2.05) is 41.9 Å². The number of amides is 1. The fourth-order valence-corrected chi connectivity index (χ4v) is 3.84. The molecule has 3 aliphatic rings. The second-order valence-corrected chi connectivity index (χ2v) is 6.61. The van der Waals surface area contributed by atoms with E-state index in [9.17, 15) is 4.79 Å². The fourth-order valence-electron chi connectivity index (χ4n) is 3.84. The number of nitrogens with zero attached hydrogens (tertiary/aromatic N) is 3. The average Bonchev–Trinajstić information content (AvgIpc) is 2.98. The highest BCUT2D eigenvalue weighted by molar-refractivity contribution is 5.95. The summed E-state index contributed by atoms with van der Waals surface area (Å²) >= 11 is 0. The number of hydrogen-bond acceptors (Lipinski definition) is 3. The van der Waals surface area contributed by atoms with E-state index in [4.69, 9.17) is 0 Å². The first-order chi connectivity index (χ1) is 11.2. The van der Waals surface area contributed by atoms with Crippen LogP contribution in [0.25, 0.3) is 5.69 Å². The molecule has 1 N–H and O–H groups in total. The van der Waals surface area contributed by atoms with Crippen LogP contribution in [0.1, 0.15) is 28.9 Å². The van der Waals surface area contributed by atoms with Gasteiger partial charge in [-0.1, -0.05) is 18.2 Å². The van der Waals surface area contributed by atoms with Gasteiger partial charge in [-0.25, -0.2) is 4.68 Å². The maximum atomic E-state index is 12.7. The summed E-state index contributed by atoms with van der Waals surface area (Å²) < 4.78 is 1.82. The standard InChI is InChI=1S/C18H22N4O/c1-13-16(11-19-22(13)15-5-3-2-4-6-15)18(23)20-17-12-21-9-7-14(17)8-10-21/h2-6,11,14,17H,7-10,12H2,1H3,(H,20,23). The van der Waals surface area contributed by atoms with Crippen LogP contribution in [-0.4, -0.2) is 46.3 Å². The van der Waals surface area contributed by atoms with Crippen LogP contribution in [0.4, 0.5) is 0 Å². The molecule has 3 aliphatic heterocycles. The van der Waals surface area contributed by atoms with E-state index in [-0.39, 0.29) is 11.9 Å². The Morgan fingerprint density at radius 2 is 1.96 bits per heavy atom. The Balaban J connectivity index is 1.52. The van der Waals surface area contributed by atoms with Crippen molar-refractivity contribution in [3.05, 3.63) is 47.8 Å². The lowest BCUT2D eigenvalue weighted by atomic mass is 9.84. The Bertz CT molecular complexity index is 701. The van der Waals surface area contributed by atoms with Crippen molar-refractivity contribution in [3.63, 3.8) is 0 Å². The van der Waals surface area contributed by atoms with Gasteiger partial charge in [-0.05, 0) is 50.9 Å². The zero-order chi connectivity index (χ0) is 15.8. The molecule has 23 heavy (non-hydrogen) atoms. The van der Waals surface area contributed by atoms with E-state index in [0.29, 0.717) is 11.5 Å². The molecule has 0 saturated carbocycles. The summed E-state index contributed by atoms with van der Waals surface area (Å²) in [5, 5.41) is 7.63. The number of hydrogen-bond donors (Lipinski definition) is 1. The number of nitrogens with one attached hydrogen (secondary N) is 1. The van der Waals surface area contributed by atoms with Gasteiger partial charge >= 0.3 is 0 Å². The lowest BCUT2D eigenvalue weighted by molar-refractivity contribution is 0.0620. The molecule has 3 saturated heterocycles. The third-order valence-corrected chi connectivity index (χ3v) is 5.23. The first-order valence-corrected chi connectivity index (χ1v) is 8.35. The van der Waals surface area contributed by atoms with Crippen LogP contribution in [0.2, 0.25) is 0 Å². The molecule has 0 radical (unpaired) electrons. The summed E-state index contributed by atoms with van der Waals surface area (Å²) in [6.45, 7) is 5.30. The molecule has 2 aromatic rings. The van der Waals surface area contributed by atoms with E-state index in [1.54, 1.807) is 6.20 Å². The third kappa shape index (κ3) is 2.65. The summed E-state index contributed by atoms with van der Waals surface area (Å²) in [4.78, 5) is 15.1. The molecule has 1 amide bonds. The van der Waals surface area contributed by atoms with Gasteiger partial charge in [0.2, 0.25) is 0 Å². The molecule has 5 rings (SSSR count).